The monoisotopic (exact) mass is 309 g/mol. The normalized spacial score (nSPS) is 13.0. The Morgan fingerprint density at radius 3 is 1.91 bits per heavy atom. The molecule has 0 bridgehead atoms. The lowest BCUT2D eigenvalue weighted by Gasteiger charge is -2.41. The zero-order valence-corrected chi connectivity index (χ0v) is 14.8. The van der Waals surface area contributed by atoms with Crippen LogP contribution in [0.1, 0.15) is 45.2 Å². The van der Waals surface area contributed by atoms with Crippen molar-refractivity contribution >= 4 is 11.6 Å². The van der Waals surface area contributed by atoms with Gasteiger partial charge in [-0.2, -0.15) is 0 Å². The number of nitrogens with one attached hydrogen (secondary N) is 1. The van der Waals surface area contributed by atoms with Gasteiger partial charge in [-0.25, -0.2) is 4.39 Å². The fraction of sp³-hybridized carbons (Fsp3) is 0.611. The molecule has 0 heterocycles. The first kappa shape index (κ1) is 18.6. The lowest BCUT2D eigenvalue weighted by molar-refractivity contribution is -0.938. The number of anilines is 1. The summed E-state index contributed by atoms with van der Waals surface area (Å²) in [6.45, 7) is 14.9. The van der Waals surface area contributed by atoms with Gasteiger partial charge < -0.3 is 9.80 Å². The maximum atomic E-state index is 13.4. The number of carbonyl (C=O) groups excluding carboxylic acids is 1. The number of nitrogens with zero attached hydrogens (tertiary/aromatic N) is 1. The Bertz CT molecular complexity index is 493. The van der Waals surface area contributed by atoms with Gasteiger partial charge in [-0.05, 0) is 57.9 Å². The van der Waals surface area contributed by atoms with Crippen molar-refractivity contribution in [1.82, 2.24) is 0 Å². The molecule has 0 fully saturated rings. The predicted octanol–water partition coefficient (Wildman–Crippen LogP) is 4.04. The van der Waals surface area contributed by atoms with E-state index in [4.69, 9.17) is 0 Å². The van der Waals surface area contributed by atoms with Crippen LogP contribution in [-0.2, 0) is 4.79 Å². The molecule has 1 amide bonds. The van der Waals surface area contributed by atoms with Crippen molar-refractivity contribution in [3.63, 3.8) is 0 Å². The Morgan fingerprint density at radius 2 is 1.55 bits per heavy atom. The molecule has 1 aromatic rings. The van der Waals surface area contributed by atoms with Crippen LogP contribution >= 0.6 is 0 Å². The van der Waals surface area contributed by atoms with Crippen LogP contribution in [-0.4, -0.2) is 36.1 Å². The van der Waals surface area contributed by atoms with E-state index in [1.807, 2.05) is 13.8 Å². The van der Waals surface area contributed by atoms with E-state index >= 15 is 0 Å². The number of halogens is 1. The van der Waals surface area contributed by atoms with Crippen LogP contribution in [0.3, 0.4) is 0 Å². The number of hydrogen-bond acceptors (Lipinski definition) is 1. The van der Waals surface area contributed by atoms with E-state index in [1.165, 1.54) is 12.1 Å². The van der Waals surface area contributed by atoms with Gasteiger partial charge >= 0.3 is 0 Å². The quantitative estimate of drug-likeness (QED) is 0.757. The average Bonchev–Trinajstić information content (AvgIpc) is 2.48. The molecule has 22 heavy (non-hydrogen) atoms. The highest BCUT2D eigenvalue weighted by Gasteiger charge is 2.37. The second-order valence-corrected chi connectivity index (χ2v) is 6.00. The summed E-state index contributed by atoms with van der Waals surface area (Å²) >= 11 is 0. The van der Waals surface area contributed by atoms with Crippen molar-refractivity contribution in [2.75, 3.05) is 25.0 Å². The molecule has 1 atom stereocenters. The van der Waals surface area contributed by atoms with Crippen molar-refractivity contribution < 1.29 is 13.7 Å². The number of rotatable bonds is 7. The molecule has 0 aromatic heterocycles. The summed E-state index contributed by atoms with van der Waals surface area (Å²) < 4.78 is 14.2. The van der Waals surface area contributed by atoms with Gasteiger partial charge in [0.15, 0.2) is 6.04 Å². The Hall–Kier alpha value is -1.42. The predicted molar refractivity (Wildman–Crippen MR) is 90.5 cm³/mol. The van der Waals surface area contributed by atoms with Gasteiger partial charge in [-0.3, -0.25) is 4.79 Å². The summed E-state index contributed by atoms with van der Waals surface area (Å²) in [5.74, 6) is -0.230. The maximum Gasteiger partial charge on any atom is 0.282 e. The number of hydrogen-bond donors (Lipinski definition) is 1. The summed E-state index contributed by atoms with van der Waals surface area (Å²) in [7, 11) is 0. The van der Waals surface area contributed by atoms with Crippen LogP contribution in [0, 0.1) is 19.7 Å². The molecule has 0 aliphatic carbocycles. The SMILES string of the molecule is CCC(C(=O)Nc1c(C)cc(F)cc1C)[N+](CC)(CC)CC. The van der Waals surface area contributed by atoms with Crippen LogP contribution in [0.5, 0.6) is 0 Å². The highest BCUT2D eigenvalue weighted by molar-refractivity contribution is 5.95. The van der Waals surface area contributed by atoms with E-state index in [2.05, 4.69) is 33.0 Å². The van der Waals surface area contributed by atoms with Crippen LogP contribution in [0.25, 0.3) is 0 Å². The second-order valence-electron chi connectivity index (χ2n) is 6.00. The number of likely N-dealkylation sites (N-methyl/N-ethyl adjacent to an activating group) is 1. The van der Waals surface area contributed by atoms with Crippen molar-refractivity contribution in [2.45, 2.75) is 54.0 Å². The fourth-order valence-electron chi connectivity index (χ4n) is 3.47. The minimum absolute atomic E-state index is 0.0332. The first-order valence-electron chi connectivity index (χ1n) is 8.28. The van der Waals surface area contributed by atoms with Gasteiger partial charge in [0.25, 0.3) is 5.91 Å². The molecule has 0 aliphatic rings. The largest absolute Gasteiger partial charge is 0.320 e. The van der Waals surface area contributed by atoms with Crippen LogP contribution in [0.4, 0.5) is 10.1 Å². The van der Waals surface area contributed by atoms with Gasteiger partial charge in [0.1, 0.15) is 5.82 Å². The zero-order chi connectivity index (χ0) is 16.9. The second kappa shape index (κ2) is 7.73. The highest BCUT2D eigenvalue weighted by Crippen LogP contribution is 2.24. The van der Waals surface area contributed by atoms with E-state index in [0.29, 0.717) is 0 Å². The van der Waals surface area contributed by atoms with Crippen molar-refractivity contribution in [3.8, 4) is 0 Å². The Morgan fingerprint density at radius 1 is 1.09 bits per heavy atom. The molecule has 1 unspecified atom stereocenters. The molecule has 0 spiro atoms. The minimum Gasteiger partial charge on any atom is -0.320 e. The summed E-state index contributed by atoms with van der Waals surface area (Å²) in [5.41, 5.74) is 2.28. The van der Waals surface area contributed by atoms with Crippen molar-refractivity contribution in [3.05, 3.63) is 29.1 Å². The summed E-state index contributed by atoms with van der Waals surface area (Å²) in [6, 6.07) is 2.85. The topological polar surface area (TPSA) is 29.1 Å². The lowest BCUT2D eigenvalue weighted by atomic mass is 10.1. The average molecular weight is 309 g/mol. The summed E-state index contributed by atoms with van der Waals surface area (Å²) in [6.07, 6.45) is 0.792. The summed E-state index contributed by atoms with van der Waals surface area (Å²) in [5, 5.41) is 3.04. The van der Waals surface area contributed by atoms with E-state index in [-0.39, 0.29) is 17.8 Å². The van der Waals surface area contributed by atoms with Gasteiger partial charge in [0.2, 0.25) is 0 Å². The molecule has 0 aliphatic heterocycles. The molecule has 124 valence electrons. The van der Waals surface area contributed by atoms with Crippen LogP contribution in [0.15, 0.2) is 12.1 Å². The molecule has 1 aromatic carbocycles. The van der Waals surface area contributed by atoms with Gasteiger partial charge in [-0.15, -0.1) is 0 Å². The standard InChI is InChI=1S/C18H29FN2O/c1-7-16(21(8-2,9-3)10-4)18(22)20-17-13(5)11-15(19)12-14(17)6/h11-12,16H,7-10H2,1-6H3/p+1. The lowest BCUT2D eigenvalue weighted by Crippen LogP contribution is -2.59. The molecular weight excluding hydrogens is 279 g/mol. The third-order valence-electron chi connectivity index (χ3n) is 4.99. The maximum absolute atomic E-state index is 13.4. The fourth-order valence-corrected chi connectivity index (χ4v) is 3.47. The Kier molecular flexibility index (Phi) is 6.54. The number of quaternary nitrogens is 1. The first-order valence-corrected chi connectivity index (χ1v) is 8.28. The van der Waals surface area contributed by atoms with Crippen LogP contribution in [0.2, 0.25) is 0 Å². The molecule has 1 rings (SSSR count). The molecule has 4 heteroatoms. The Labute approximate surface area is 134 Å². The van der Waals surface area contributed by atoms with E-state index in [1.54, 1.807) is 0 Å². The number of amides is 1. The minimum atomic E-state index is -0.263. The van der Waals surface area contributed by atoms with Crippen LogP contribution < -0.4 is 5.32 Å². The van der Waals surface area contributed by atoms with Crippen molar-refractivity contribution in [1.29, 1.82) is 0 Å². The Balaban J connectivity index is 3.09. The third kappa shape index (κ3) is 3.67. The molecule has 0 radical (unpaired) electrons. The van der Waals surface area contributed by atoms with E-state index < -0.39 is 0 Å². The summed E-state index contributed by atoms with van der Waals surface area (Å²) in [4.78, 5) is 12.8. The van der Waals surface area contributed by atoms with Gasteiger partial charge in [-0.1, -0.05) is 6.92 Å². The zero-order valence-electron chi connectivity index (χ0n) is 14.8. The molecular formula is C18H30FN2O+. The molecule has 0 saturated carbocycles. The number of carbonyl (C=O) groups is 1. The number of aryl methyl sites for hydroxylation is 2. The third-order valence-corrected chi connectivity index (χ3v) is 4.99. The smallest absolute Gasteiger partial charge is 0.282 e. The highest BCUT2D eigenvalue weighted by atomic mass is 19.1. The molecule has 1 N–H and O–H groups in total. The van der Waals surface area contributed by atoms with Gasteiger partial charge in [0.05, 0.1) is 19.6 Å². The van der Waals surface area contributed by atoms with Crippen molar-refractivity contribution in [2.24, 2.45) is 0 Å². The number of benzene rings is 1. The van der Waals surface area contributed by atoms with Gasteiger partial charge in [0, 0.05) is 12.1 Å². The van der Waals surface area contributed by atoms with E-state index in [0.717, 1.165) is 47.4 Å². The molecule has 0 saturated heterocycles. The first-order chi connectivity index (χ1) is 10.3. The molecule has 3 nitrogen and oxygen atoms in total. The van der Waals surface area contributed by atoms with E-state index in [9.17, 15) is 9.18 Å².